The predicted octanol–water partition coefficient (Wildman–Crippen LogP) is 14.4. The zero-order valence-electron chi connectivity index (χ0n) is 27.4. The third kappa shape index (κ3) is 4.72. The fourth-order valence-electron chi connectivity index (χ4n) is 7.64. The van der Waals surface area contributed by atoms with Crippen molar-refractivity contribution >= 4 is 113 Å². The van der Waals surface area contributed by atoms with Crippen molar-refractivity contribution in [2.45, 2.75) is 0 Å². The summed E-state index contributed by atoms with van der Waals surface area (Å²) in [5, 5.41) is 11.4. The van der Waals surface area contributed by atoms with E-state index in [4.69, 9.17) is 4.98 Å². The molecule has 0 aliphatic rings. The van der Waals surface area contributed by atoms with Gasteiger partial charge in [-0.15, -0.1) is 22.7 Å². The molecule has 8 aromatic carbocycles. The predicted molar refractivity (Wildman–Crippen MR) is 223 cm³/mol. The van der Waals surface area contributed by atoms with Crippen molar-refractivity contribution in [1.82, 2.24) is 4.98 Å². The SMILES string of the molecule is c1ccc2nc(-c3ccc(N(c4ccc5cc6c(cc5c4)sc4ccccc46)c4ccc5cc6c(cc5c4)sc4ccccc46)cc3)ccc2c1. The summed E-state index contributed by atoms with van der Waals surface area (Å²) in [4.78, 5) is 7.36. The Balaban J connectivity index is 1.07. The van der Waals surface area contributed by atoms with E-state index in [0.717, 1.165) is 39.2 Å². The summed E-state index contributed by atoms with van der Waals surface area (Å²) >= 11 is 3.74. The van der Waals surface area contributed by atoms with Gasteiger partial charge in [-0.05, 0) is 106 Å². The number of benzene rings is 8. The van der Waals surface area contributed by atoms with Crippen LogP contribution in [0.3, 0.4) is 0 Å². The van der Waals surface area contributed by atoms with Gasteiger partial charge in [-0.25, -0.2) is 4.98 Å². The number of aromatic nitrogens is 1. The molecule has 51 heavy (non-hydrogen) atoms. The van der Waals surface area contributed by atoms with E-state index in [0.29, 0.717) is 0 Å². The number of thiophene rings is 2. The number of para-hydroxylation sites is 1. The fourth-order valence-corrected chi connectivity index (χ4v) is 9.92. The van der Waals surface area contributed by atoms with E-state index in [1.165, 1.54) is 61.9 Å². The standard InChI is InChI=1S/C47H28N2S2/c1-4-10-42-29(7-1)17-22-43(48-42)30-13-18-35(19-14-30)49(36-20-15-31-25-40-38-8-2-5-11-44(38)50-46(40)27-33(31)23-36)37-21-16-32-26-41-39-9-3-6-12-45(39)51-47(41)28-34(32)24-37/h1-28H. The Morgan fingerprint density at radius 3 is 1.51 bits per heavy atom. The van der Waals surface area contributed by atoms with Gasteiger partial charge >= 0.3 is 0 Å². The van der Waals surface area contributed by atoms with Gasteiger partial charge in [0.15, 0.2) is 0 Å². The number of hydrogen-bond donors (Lipinski definition) is 0. The number of rotatable bonds is 4. The van der Waals surface area contributed by atoms with Gasteiger partial charge in [0.05, 0.1) is 11.2 Å². The zero-order chi connectivity index (χ0) is 33.5. The molecule has 0 atom stereocenters. The molecule has 3 aromatic heterocycles. The highest BCUT2D eigenvalue weighted by molar-refractivity contribution is 7.26. The van der Waals surface area contributed by atoms with Crippen molar-refractivity contribution in [1.29, 1.82) is 0 Å². The summed E-state index contributed by atoms with van der Waals surface area (Å²) in [6, 6.07) is 62.1. The Kier molecular flexibility index (Phi) is 6.32. The maximum absolute atomic E-state index is 4.97. The largest absolute Gasteiger partial charge is 0.310 e. The molecule has 0 unspecified atom stereocenters. The minimum absolute atomic E-state index is 0.975. The summed E-state index contributed by atoms with van der Waals surface area (Å²) in [6.07, 6.45) is 0. The van der Waals surface area contributed by atoms with Crippen LogP contribution in [0.2, 0.25) is 0 Å². The van der Waals surface area contributed by atoms with Gasteiger partial charge in [-0.3, -0.25) is 0 Å². The van der Waals surface area contributed by atoms with Gasteiger partial charge in [0.2, 0.25) is 0 Å². The van der Waals surface area contributed by atoms with Gasteiger partial charge in [-0.1, -0.05) is 84.9 Å². The van der Waals surface area contributed by atoms with Crippen LogP contribution in [0.4, 0.5) is 17.1 Å². The number of fused-ring (bicyclic) bond motifs is 9. The molecular formula is C47H28N2S2. The smallest absolute Gasteiger partial charge is 0.0709 e. The molecule has 4 heteroatoms. The Morgan fingerprint density at radius 1 is 0.353 bits per heavy atom. The third-order valence-electron chi connectivity index (χ3n) is 10.2. The van der Waals surface area contributed by atoms with Crippen LogP contribution < -0.4 is 4.90 Å². The lowest BCUT2D eigenvalue weighted by atomic mass is 10.0. The number of hydrogen-bond acceptors (Lipinski definition) is 4. The molecule has 0 aliphatic carbocycles. The third-order valence-corrected chi connectivity index (χ3v) is 12.4. The Morgan fingerprint density at radius 2 is 0.882 bits per heavy atom. The molecule has 11 aromatic rings. The first-order valence-corrected chi connectivity index (χ1v) is 18.8. The van der Waals surface area contributed by atoms with Crippen LogP contribution in [0.15, 0.2) is 170 Å². The molecule has 0 aliphatic heterocycles. The van der Waals surface area contributed by atoms with Crippen LogP contribution in [-0.2, 0) is 0 Å². The topological polar surface area (TPSA) is 16.1 Å². The second-order valence-electron chi connectivity index (χ2n) is 13.2. The summed E-state index contributed by atoms with van der Waals surface area (Å²) in [5.41, 5.74) is 6.44. The molecule has 0 saturated heterocycles. The van der Waals surface area contributed by atoms with Crippen LogP contribution in [0.5, 0.6) is 0 Å². The van der Waals surface area contributed by atoms with Crippen LogP contribution in [0.1, 0.15) is 0 Å². The van der Waals surface area contributed by atoms with Gasteiger partial charge < -0.3 is 4.90 Å². The van der Waals surface area contributed by atoms with Crippen molar-refractivity contribution in [3.63, 3.8) is 0 Å². The molecule has 0 N–H and O–H groups in total. The van der Waals surface area contributed by atoms with Crippen LogP contribution in [0.25, 0.3) is 84.0 Å². The summed E-state index contributed by atoms with van der Waals surface area (Å²) in [7, 11) is 0. The molecule has 11 rings (SSSR count). The van der Waals surface area contributed by atoms with Crippen LogP contribution in [0, 0.1) is 0 Å². The molecule has 0 fully saturated rings. The number of anilines is 3. The molecule has 0 spiro atoms. The minimum atomic E-state index is 0.975. The highest BCUT2D eigenvalue weighted by atomic mass is 32.1. The van der Waals surface area contributed by atoms with E-state index >= 15 is 0 Å². The van der Waals surface area contributed by atoms with E-state index in [1.54, 1.807) is 0 Å². The number of pyridine rings is 1. The zero-order valence-corrected chi connectivity index (χ0v) is 29.0. The highest BCUT2D eigenvalue weighted by Gasteiger charge is 2.16. The Labute approximate surface area is 302 Å². The lowest BCUT2D eigenvalue weighted by Crippen LogP contribution is -2.10. The van der Waals surface area contributed by atoms with E-state index in [-0.39, 0.29) is 0 Å². The molecule has 0 bridgehead atoms. The van der Waals surface area contributed by atoms with E-state index in [1.807, 2.05) is 28.7 Å². The first kappa shape index (κ1) is 28.7. The van der Waals surface area contributed by atoms with E-state index in [9.17, 15) is 0 Å². The van der Waals surface area contributed by atoms with Gasteiger partial charge in [0.25, 0.3) is 0 Å². The number of nitrogens with zero attached hydrogens (tertiary/aromatic N) is 2. The van der Waals surface area contributed by atoms with Crippen molar-refractivity contribution < 1.29 is 0 Å². The van der Waals surface area contributed by atoms with Gasteiger partial charge in [-0.2, -0.15) is 0 Å². The second kappa shape index (κ2) is 11.2. The molecule has 0 saturated carbocycles. The van der Waals surface area contributed by atoms with Crippen LogP contribution in [-0.4, -0.2) is 4.98 Å². The first-order valence-electron chi connectivity index (χ1n) is 17.2. The normalized spacial score (nSPS) is 11.9. The Bertz CT molecular complexity index is 3000. The fraction of sp³-hybridized carbons (Fsp3) is 0. The van der Waals surface area contributed by atoms with Gasteiger partial charge in [0.1, 0.15) is 0 Å². The maximum Gasteiger partial charge on any atom is 0.0709 e. The lowest BCUT2D eigenvalue weighted by Gasteiger charge is -2.26. The van der Waals surface area contributed by atoms with Crippen molar-refractivity contribution in [2.24, 2.45) is 0 Å². The first-order chi connectivity index (χ1) is 25.2. The van der Waals surface area contributed by atoms with E-state index in [2.05, 4.69) is 169 Å². The highest BCUT2D eigenvalue weighted by Crippen LogP contribution is 2.42. The minimum Gasteiger partial charge on any atom is -0.310 e. The average molecular weight is 685 g/mol. The molecular weight excluding hydrogens is 657 g/mol. The van der Waals surface area contributed by atoms with Gasteiger partial charge in [0, 0.05) is 68.4 Å². The second-order valence-corrected chi connectivity index (χ2v) is 15.4. The molecule has 238 valence electrons. The van der Waals surface area contributed by atoms with E-state index < -0.39 is 0 Å². The molecule has 0 radical (unpaired) electrons. The average Bonchev–Trinajstić information content (AvgIpc) is 3.73. The summed E-state index contributed by atoms with van der Waals surface area (Å²) in [6.45, 7) is 0. The monoisotopic (exact) mass is 684 g/mol. The lowest BCUT2D eigenvalue weighted by molar-refractivity contribution is 1.29. The van der Waals surface area contributed by atoms with Crippen molar-refractivity contribution in [3.05, 3.63) is 170 Å². The molecule has 3 heterocycles. The maximum atomic E-state index is 4.97. The quantitative estimate of drug-likeness (QED) is 0.183. The molecule has 2 nitrogen and oxygen atoms in total. The summed E-state index contributed by atoms with van der Waals surface area (Å²) < 4.78 is 5.29. The summed E-state index contributed by atoms with van der Waals surface area (Å²) in [5.74, 6) is 0. The van der Waals surface area contributed by atoms with Crippen molar-refractivity contribution in [3.8, 4) is 11.3 Å². The van der Waals surface area contributed by atoms with Crippen molar-refractivity contribution in [2.75, 3.05) is 4.90 Å². The van der Waals surface area contributed by atoms with Crippen LogP contribution >= 0.6 is 22.7 Å². The molecule has 0 amide bonds. The Hall–Kier alpha value is -6.07.